The van der Waals surface area contributed by atoms with Gasteiger partial charge in [0.2, 0.25) is 0 Å². The normalized spacial score (nSPS) is 11.2. The van der Waals surface area contributed by atoms with Crippen LogP contribution in [0.25, 0.3) is 0 Å². The first-order valence-corrected chi connectivity index (χ1v) is 14.8. The highest BCUT2D eigenvalue weighted by Gasteiger charge is 2.19. The lowest BCUT2D eigenvalue weighted by atomic mass is 10.2. The van der Waals surface area contributed by atoms with Crippen molar-refractivity contribution in [3.63, 3.8) is 0 Å². The third-order valence-electron chi connectivity index (χ3n) is 5.69. The van der Waals surface area contributed by atoms with Gasteiger partial charge in [0.25, 0.3) is 5.91 Å². The molecule has 9 nitrogen and oxygen atoms in total. The van der Waals surface area contributed by atoms with E-state index >= 15 is 0 Å². The topological polar surface area (TPSA) is 113 Å². The number of hydrogen-bond acceptors (Lipinski definition) is 8. The van der Waals surface area contributed by atoms with Crippen molar-refractivity contribution in [1.82, 2.24) is 5.43 Å². The van der Waals surface area contributed by atoms with E-state index in [1.165, 1.54) is 36.5 Å². The lowest BCUT2D eigenvalue weighted by molar-refractivity contribution is 0.0954. The Morgan fingerprint density at radius 1 is 0.810 bits per heavy atom. The zero-order chi connectivity index (χ0) is 30.0. The van der Waals surface area contributed by atoms with Crippen molar-refractivity contribution in [2.24, 2.45) is 5.10 Å². The van der Waals surface area contributed by atoms with E-state index < -0.39 is 16.0 Å². The van der Waals surface area contributed by atoms with Crippen LogP contribution in [0.5, 0.6) is 23.0 Å². The minimum atomic E-state index is -4.12. The molecule has 0 saturated carbocycles. The lowest BCUT2D eigenvalue weighted by Crippen LogP contribution is -2.17. The molecule has 1 amide bonds. The number of rotatable bonds is 13. The molecule has 4 aromatic carbocycles. The molecule has 4 aromatic rings. The third kappa shape index (κ3) is 8.25. The van der Waals surface area contributed by atoms with E-state index in [9.17, 15) is 13.2 Å². The van der Waals surface area contributed by atoms with Crippen LogP contribution >= 0.6 is 11.6 Å². The molecule has 0 aromatic heterocycles. The summed E-state index contributed by atoms with van der Waals surface area (Å²) < 4.78 is 47.9. The molecule has 1 N–H and O–H groups in total. The van der Waals surface area contributed by atoms with Gasteiger partial charge >= 0.3 is 10.1 Å². The predicted octanol–water partition coefficient (Wildman–Crippen LogP) is 6.25. The van der Waals surface area contributed by atoms with Crippen LogP contribution in [0, 0.1) is 0 Å². The maximum atomic E-state index is 12.8. The number of hydrazone groups is 1. The van der Waals surface area contributed by atoms with Gasteiger partial charge in [0.1, 0.15) is 11.5 Å². The molecule has 0 spiro atoms. The summed E-state index contributed by atoms with van der Waals surface area (Å²) in [7, 11) is -4.12. The Hall–Kier alpha value is -4.54. The summed E-state index contributed by atoms with van der Waals surface area (Å²) in [6.45, 7) is 4.62. The van der Waals surface area contributed by atoms with Crippen molar-refractivity contribution >= 4 is 33.8 Å². The summed E-state index contributed by atoms with van der Waals surface area (Å²) >= 11 is 5.85. The lowest BCUT2D eigenvalue weighted by Gasteiger charge is -2.13. The van der Waals surface area contributed by atoms with Gasteiger partial charge in [-0.05, 0) is 85.6 Å². The number of nitrogens with one attached hydrogen (secondary N) is 1. The van der Waals surface area contributed by atoms with Gasteiger partial charge in [0.05, 0.1) is 19.4 Å². The van der Waals surface area contributed by atoms with Crippen LogP contribution in [-0.4, -0.2) is 33.8 Å². The van der Waals surface area contributed by atoms with Crippen molar-refractivity contribution in [3.8, 4) is 23.0 Å². The third-order valence-corrected chi connectivity index (χ3v) is 7.19. The summed E-state index contributed by atoms with van der Waals surface area (Å²) in [6.07, 6.45) is 1.40. The van der Waals surface area contributed by atoms with E-state index in [2.05, 4.69) is 10.5 Å². The fourth-order valence-electron chi connectivity index (χ4n) is 3.71. The van der Waals surface area contributed by atoms with Gasteiger partial charge in [-0.3, -0.25) is 4.79 Å². The zero-order valence-corrected chi connectivity index (χ0v) is 24.5. The smallest absolute Gasteiger partial charge is 0.339 e. The number of ether oxygens (including phenoxy) is 3. The summed E-state index contributed by atoms with van der Waals surface area (Å²) in [5.74, 6) is 0.699. The van der Waals surface area contributed by atoms with Crippen molar-refractivity contribution in [3.05, 3.63) is 113 Å². The van der Waals surface area contributed by atoms with E-state index in [1.807, 2.05) is 37.3 Å². The first-order valence-electron chi connectivity index (χ1n) is 13.0. The molecule has 0 heterocycles. The number of nitrogens with zero attached hydrogens (tertiary/aromatic N) is 1. The molecule has 0 aliphatic carbocycles. The van der Waals surface area contributed by atoms with Gasteiger partial charge in [0.15, 0.2) is 23.0 Å². The molecule has 4 rings (SSSR count). The quantitative estimate of drug-likeness (QED) is 0.108. The molecule has 0 atom stereocenters. The highest BCUT2D eigenvalue weighted by Crippen LogP contribution is 2.32. The second-order valence-corrected chi connectivity index (χ2v) is 10.7. The van der Waals surface area contributed by atoms with Crippen molar-refractivity contribution in [2.75, 3.05) is 13.2 Å². The van der Waals surface area contributed by atoms with Crippen LogP contribution < -0.4 is 23.8 Å². The van der Waals surface area contributed by atoms with E-state index in [0.29, 0.717) is 40.9 Å². The van der Waals surface area contributed by atoms with Crippen LogP contribution in [0.15, 0.2) is 101 Å². The number of carbonyl (C=O) groups excluding carboxylic acids is 1. The zero-order valence-electron chi connectivity index (χ0n) is 23.0. The summed E-state index contributed by atoms with van der Waals surface area (Å²) in [6, 6.07) is 24.8. The Morgan fingerprint density at radius 3 is 2.17 bits per heavy atom. The van der Waals surface area contributed by atoms with Crippen molar-refractivity contribution < 1.29 is 31.6 Å². The van der Waals surface area contributed by atoms with E-state index in [-0.39, 0.29) is 23.0 Å². The number of hydrogen-bond donors (Lipinski definition) is 1. The van der Waals surface area contributed by atoms with Crippen molar-refractivity contribution in [1.29, 1.82) is 0 Å². The summed E-state index contributed by atoms with van der Waals surface area (Å²) in [4.78, 5) is 12.7. The Morgan fingerprint density at radius 2 is 1.48 bits per heavy atom. The molecule has 218 valence electrons. The SMILES string of the molecule is CCOc1cc(C(=O)N/N=C/c2ccc(OS(=O)(=O)c3ccc(Cl)cc3)c(OCC)c2)ccc1OCc1ccccc1. The standard InChI is InChI=1S/C31H29ClN2O7S/c1-3-38-29-18-23(10-16-28(29)41-42(36,37)26-14-12-25(32)13-15-26)20-33-34-31(35)24-11-17-27(30(19-24)39-4-2)40-21-22-8-6-5-7-9-22/h5-20H,3-4,21H2,1-2H3,(H,34,35)/b33-20+. The minimum absolute atomic E-state index is 0.00557. The molecule has 0 saturated heterocycles. The monoisotopic (exact) mass is 608 g/mol. The summed E-state index contributed by atoms with van der Waals surface area (Å²) in [5, 5.41) is 4.43. The minimum Gasteiger partial charge on any atom is -0.490 e. The molecule has 42 heavy (non-hydrogen) atoms. The Balaban J connectivity index is 1.43. The van der Waals surface area contributed by atoms with Crippen LogP contribution in [0.1, 0.15) is 35.3 Å². The van der Waals surface area contributed by atoms with Gasteiger partial charge in [-0.25, -0.2) is 5.43 Å². The van der Waals surface area contributed by atoms with Gasteiger partial charge in [0, 0.05) is 10.6 Å². The number of amides is 1. The predicted molar refractivity (Wildman–Crippen MR) is 160 cm³/mol. The maximum Gasteiger partial charge on any atom is 0.339 e. The van der Waals surface area contributed by atoms with E-state index in [1.54, 1.807) is 37.3 Å². The van der Waals surface area contributed by atoms with Gasteiger partial charge in [-0.15, -0.1) is 0 Å². The van der Waals surface area contributed by atoms with Crippen LogP contribution in [-0.2, 0) is 16.7 Å². The molecule has 0 fully saturated rings. The Bertz CT molecular complexity index is 1640. The highest BCUT2D eigenvalue weighted by atomic mass is 35.5. The first-order chi connectivity index (χ1) is 20.3. The molecular formula is C31H29ClN2O7S. The van der Waals surface area contributed by atoms with Gasteiger partial charge in [-0.2, -0.15) is 13.5 Å². The van der Waals surface area contributed by atoms with Gasteiger partial charge < -0.3 is 18.4 Å². The molecule has 11 heteroatoms. The number of halogens is 1. The molecule has 0 bridgehead atoms. The Labute approximate surface area is 249 Å². The second-order valence-electron chi connectivity index (χ2n) is 8.70. The van der Waals surface area contributed by atoms with E-state index in [0.717, 1.165) is 5.56 Å². The first kappa shape index (κ1) is 30.4. The summed E-state index contributed by atoms with van der Waals surface area (Å²) in [5.41, 5.74) is 4.35. The Kier molecular flexibility index (Phi) is 10.4. The molecule has 0 unspecified atom stereocenters. The van der Waals surface area contributed by atoms with Gasteiger partial charge in [-0.1, -0.05) is 41.9 Å². The number of benzene rings is 4. The molecule has 0 aliphatic heterocycles. The van der Waals surface area contributed by atoms with Crippen LogP contribution in [0.2, 0.25) is 5.02 Å². The molecule has 0 radical (unpaired) electrons. The second kappa shape index (κ2) is 14.4. The van der Waals surface area contributed by atoms with E-state index in [4.69, 9.17) is 30.0 Å². The largest absolute Gasteiger partial charge is 0.490 e. The fraction of sp³-hybridized carbons (Fsp3) is 0.161. The fourth-order valence-corrected chi connectivity index (χ4v) is 4.78. The van der Waals surface area contributed by atoms with Crippen molar-refractivity contribution in [2.45, 2.75) is 25.3 Å². The highest BCUT2D eigenvalue weighted by molar-refractivity contribution is 7.87. The molecule has 0 aliphatic rings. The van der Waals surface area contributed by atoms with Crippen LogP contribution in [0.3, 0.4) is 0 Å². The maximum absolute atomic E-state index is 12.8. The van der Waals surface area contributed by atoms with Crippen LogP contribution in [0.4, 0.5) is 0 Å². The molecular weight excluding hydrogens is 580 g/mol. The average Bonchev–Trinajstić information content (AvgIpc) is 2.98. The number of carbonyl (C=O) groups is 1. The average molecular weight is 609 g/mol.